The Bertz CT molecular complexity index is 854. The molecule has 1 atom stereocenters. The first kappa shape index (κ1) is 28.7. The van der Waals surface area contributed by atoms with Crippen molar-refractivity contribution in [2.75, 3.05) is 65.0 Å². The van der Waals surface area contributed by atoms with Gasteiger partial charge in [0.1, 0.15) is 11.4 Å². The van der Waals surface area contributed by atoms with Crippen LogP contribution in [-0.2, 0) is 18.7 Å². The van der Waals surface area contributed by atoms with Gasteiger partial charge in [-0.3, -0.25) is 14.1 Å². The van der Waals surface area contributed by atoms with Gasteiger partial charge in [-0.1, -0.05) is 0 Å². The van der Waals surface area contributed by atoms with Crippen LogP contribution in [0.3, 0.4) is 0 Å². The van der Waals surface area contributed by atoms with Crippen molar-refractivity contribution in [3.8, 4) is 0 Å². The predicted octanol–water partition coefficient (Wildman–Crippen LogP) is -2.44. The van der Waals surface area contributed by atoms with Gasteiger partial charge >= 0.3 is 7.82 Å². The molecule has 13 nitrogen and oxygen atoms in total. The molecule has 3 fully saturated rings. The van der Waals surface area contributed by atoms with Crippen LogP contribution >= 0.6 is 19.4 Å². The van der Waals surface area contributed by atoms with Crippen LogP contribution < -0.4 is 5.73 Å². The van der Waals surface area contributed by atoms with Crippen LogP contribution in [0.5, 0.6) is 0 Å². The Hall–Kier alpha value is -1.54. The van der Waals surface area contributed by atoms with Gasteiger partial charge in [0.25, 0.3) is 0 Å². The third-order valence-corrected chi connectivity index (χ3v) is 6.04. The van der Waals surface area contributed by atoms with E-state index in [-0.39, 0.29) is 17.4 Å². The number of alkyl halides is 1. The molecule has 3 aliphatic heterocycles. The van der Waals surface area contributed by atoms with E-state index in [1.807, 2.05) is 14.7 Å². The van der Waals surface area contributed by atoms with Gasteiger partial charge in [-0.05, 0) is 6.92 Å². The standard InChI is InChI=1S/C12H13N3O2.C4H11NO3.C3H8ClO4P/c16-9-7-8(13-1-2-13)12(17)11(15-5-6-15)10(9)14-3-4-14;5-4(1-6,2-7)3-8;1-3(2-4)8-9(5,6)7/h7H,1-6H2;6-8H,1-3,5H2;3H,2H2,1H3,(H2,5,6,7). The summed E-state index contributed by atoms with van der Waals surface area (Å²) in [5.41, 5.74) is 5.82. The topological polar surface area (TPSA) is 197 Å². The van der Waals surface area contributed by atoms with Gasteiger partial charge in [0, 0.05) is 51.2 Å². The largest absolute Gasteiger partial charge is 0.469 e. The first-order valence-corrected chi connectivity index (χ1v) is 12.7. The SMILES string of the molecule is CC(CCl)OP(=O)(O)O.NC(CO)(CO)CO.O=C1C=C(N2CC2)C(=O)C(N2CC2)=C1N1CC1. The molecule has 0 bridgehead atoms. The number of halogens is 1. The summed E-state index contributed by atoms with van der Waals surface area (Å²) in [5.74, 6) is 0.123. The van der Waals surface area contributed by atoms with Crippen molar-refractivity contribution in [2.24, 2.45) is 5.73 Å². The highest BCUT2D eigenvalue weighted by Crippen LogP contribution is 2.37. The van der Waals surface area contributed by atoms with E-state index >= 15 is 0 Å². The Balaban J connectivity index is 0.000000206. The van der Waals surface area contributed by atoms with Crippen LogP contribution in [0.1, 0.15) is 6.92 Å². The molecule has 0 amide bonds. The van der Waals surface area contributed by atoms with Crippen LogP contribution in [0.4, 0.5) is 0 Å². The van der Waals surface area contributed by atoms with E-state index in [4.69, 9.17) is 42.4 Å². The minimum absolute atomic E-state index is 0.00546. The Morgan fingerprint density at radius 2 is 1.44 bits per heavy atom. The van der Waals surface area contributed by atoms with Crippen molar-refractivity contribution in [1.29, 1.82) is 0 Å². The second kappa shape index (κ2) is 11.9. The summed E-state index contributed by atoms with van der Waals surface area (Å²) in [6.45, 7) is 5.68. The molecule has 0 aromatic heterocycles. The highest BCUT2D eigenvalue weighted by Gasteiger charge is 2.43. The van der Waals surface area contributed by atoms with Crippen molar-refractivity contribution in [2.45, 2.75) is 18.6 Å². The van der Waals surface area contributed by atoms with E-state index in [1.54, 1.807) is 0 Å². The molecule has 194 valence electrons. The van der Waals surface area contributed by atoms with Crippen LogP contribution in [0, 0.1) is 0 Å². The minimum Gasteiger partial charge on any atom is -0.394 e. The maximum absolute atomic E-state index is 12.4. The third kappa shape index (κ3) is 8.59. The molecule has 3 heterocycles. The average molecular weight is 527 g/mol. The summed E-state index contributed by atoms with van der Waals surface area (Å²) < 4.78 is 14.1. The molecule has 0 aromatic rings. The van der Waals surface area contributed by atoms with Crippen molar-refractivity contribution in [3.05, 3.63) is 23.2 Å². The number of allylic oxidation sites excluding steroid dienone is 1. The molecule has 3 saturated heterocycles. The van der Waals surface area contributed by atoms with Crippen molar-refractivity contribution < 1.29 is 43.8 Å². The number of nitrogens with two attached hydrogens (primary N) is 1. The number of phosphoric ester groups is 1. The Kier molecular flexibility index (Phi) is 10.1. The normalized spacial score (nSPS) is 20.2. The van der Waals surface area contributed by atoms with E-state index in [1.165, 1.54) is 13.0 Å². The lowest BCUT2D eigenvalue weighted by molar-refractivity contribution is -0.117. The van der Waals surface area contributed by atoms with Gasteiger partial charge in [-0.2, -0.15) is 0 Å². The Morgan fingerprint density at radius 3 is 1.74 bits per heavy atom. The van der Waals surface area contributed by atoms with Crippen LogP contribution in [0.2, 0.25) is 0 Å². The fraction of sp³-hybridized carbons (Fsp3) is 0.684. The number of aliphatic hydroxyl groups is 3. The van der Waals surface area contributed by atoms with Gasteiger partial charge in [0.15, 0.2) is 0 Å². The number of carbonyl (C=O) groups excluding carboxylic acids is 2. The fourth-order valence-electron chi connectivity index (χ4n) is 2.69. The number of nitrogens with zero attached hydrogens (tertiary/aromatic N) is 3. The molecule has 34 heavy (non-hydrogen) atoms. The summed E-state index contributed by atoms with van der Waals surface area (Å²) in [6.07, 6.45) is 0.920. The Morgan fingerprint density at radius 1 is 1.00 bits per heavy atom. The van der Waals surface area contributed by atoms with Gasteiger partial charge in [-0.15, -0.1) is 11.6 Å². The molecule has 4 rings (SSSR count). The number of aliphatic hydroxyl groups excluding tert-OH is 3. The van der Waals surface area contributed by atoms with Crippen LogP contribution in [0.15, 0.2) is 23.2 Å². The lowest BCUT2D eigenvalue weighted by atomic mass is 10.0. The van der Waals surface area contributed by atoms with Gasteiger partial charge in [0.05, 0.1) is 37.2 Å². The van der Waals surface area contributed by atoms with E-state index < -0.39 is 39.3 Å². The number of Topliss-reactive ketones (excluding diaryl/α,β-unsaturated/α-hetero) is 1. The first-order valence-electron chi connectivity index (χ1n) is 10.6. The predicted molar refractivity (Wildman–Crippen MR) is 121 cm³/mol. The van der Waals surface area contributed by atoms with Crippen molar-refractivity contribution in [1.82, 2.24) is 14.7 Å². The maximum atomic E-state index is 12.4. The Labute approximate surface area is 202 Å². The number of hydrogen-bond donors (Lipinski definition) is 6. The number of phosphoric acid groups is 1. The van der Waals surface area contributed by atoms with Gasteiger partial charge in [0.2, 0.25) is 11.6 Å². The highest BCUT2D eigenvalue weighted by atomic mass is 35.5. The number of carbonyl (C=O) groups is 2. The van der Waals surface area contributed by atoms with E-state index in [0.717, 1.165) is 39.3 Å². The smallest absolute Gasteiger partial charge is 0.394 e. The second-order valence-corrected chi connectivity index (χ2v) is 9.78. The van der Waals surface area contributed by atoms with Crippen molar-refractivity contribution in [3.63, 3.8) is 0 Å². The van der Waals surface area contributed by atoms with E-state index in [0.29, 0.717) is 17.1 Å². The second-order valence-electron chi connectivity index (χ2n) is 8.28. The molecule has 1 unspecified atom stereocenters. The summed E-state index contributed by atoms with van der Waals surface area (Å²) in [4.78, 5) is 46.8. The molecule has 1 aliphatic carbocycles. The molecule has 0 radical (unpaired) electrons. The first-order chi connectivity index (χ1) is 15.9. The minimum atomic E-state index is -4.32. The van der Waals surface area contributed by atoms with Crippen molar-refractivity contribution >= 4 is 31.0 Å². The summed E-state index contributed by atoms with van der Waals surface area (Å²) in [5, 5.41) is 25.0. The zero-order valence-electron chi connectivity index (χ0n) is 18.8. The molecular weight excluding hydrogens is 495 g/mol. The number of rotatable bonds is 9. The lowest BCUT2D eigenvalue weighted by Crippen LogP contribution is -2.50. The van der Waals surface area contributed by atoms with Gasteiger partial charge < -0.3 is 45.5 Å². The van der Waals surface area contributed by atoms with Crippen LogP contribution in [-0.4, -0.2) is 128 Å². The zero-order chi connectivity index (χ0) is 25.7. The molecule has 0 spiro atoms. The fourth-order valence-corrected chi connectivity index (χ4v) is 3.38. The van der Waals surface area contributed by atoms with Gasteiger partial charge in [-0.25, -0.2) is 4.57 Å². The highest BCUT2D eigenvalue weighted by molar-refractivity contribution is 7.46. The number of ketones is 2. The maximum Gasteiger partial charge on any atom is 0.469 e. The average Bonchev–Trinajstić information content (AvgIpc) is 3.64. The summed E-state index contributed by atoms with van der Waals surface area (Å²) in [6, 6.07) is 0. The molecular formula is C19H32ClN4O9P. The monoisotopic (exact) mass is 526 g/mol. The lowest BCUT2D eigenvalue weighted by Gasteiger charge is -2.21. The molecule has 15 heteroatoms. The quantitative estimate of drug-likeness (QED) is 0.0803. The van der Waals surface area contributed by atoms with Crippen LogP contribution in [0.25, 0.3) is 0 Å². The zero-order valence-corrected chi connectivity index (χ0v) is 20.5. The molecule has 0 saturated carbocycles. The summed E-state index contributed by atoms with van der Waals surface area (Å²) >= 11 is 5.19. The molecule has 7 N–H and O–H groups in total. The summed E-state index contributed by atoms with van der Waals surface area (Å²) in [7, 11) is -4.32. The molecule has 0 aromatic carbocycles. The third-order valence-electron chi connectivity index (χ3n) is 4.97. The number of hydrogen-bond acceptors (Lipinski definition) is 11. The molecule has 4 aliphatic rings. The van der Waals surface area contributed by atoms with E-state index in [9.17, 15) is 14.2 Å². The van der Waals surface area contributed by atoms with E-state index in [2.05, 4.69) is 4.52 Å².